The van der Waals surface area contributed by atoms with Crippen molar-refractivity contribution in [3.8, 4) is 28.8 Å². The van der Waals surface area contributed by atoms with Gasteiger partial charge in [0.15, 0.2) is 11.6 Å². The number of pyridine rings is 2. The minimum absolute atomic E-state index is 0.0215. The first kappa shape index (κ1) is 62.4. The van der Waals surface area contributed by atoms with Gasteiger partial charge in [-0.1, -0.05) is 66.2 Å². The Morgan fingerprint density at radius 2 is 1.13 bits per heavy atom. The number of nitrogens with one attached hydrogen (secondary N) is 4. The lowest BCUT2D eigenvalue weighted by Gasteiger charge is -2.34. The average Bonchev–Trinajstić information content (AvgIpc) is 1.57. The number of ether oxygens (including phenoxy) is 3. The number of aryl methyl sites for hydroxylation is 3. The van der Waals surface area contributed by atoms with E-state index in [1.54, 1.807) is 7.11 Å². The predicted octanol–water partition coefficient (Wildman–Crippen LogP) is 10.0. The van der Waals surface area contributed by atoms with Crippen LogP contribution < -0.4 is 26.0 Å². The van der Waals surface area contributed by atoms with E-state index in [0.29, 0.717) is 101 Å². The van der Waals surface area contributed by atoms with Gasteiger partial charge >= 0.3 is 0 Å². The highest BCUT2D eigenvalue weighted by Gasteiger charge is 2.38. The van der Waals surface area contributed by atoms with E-state index < -0.39 is 22.9 Å². The zero-order valence-corrected chi connectivity index (χ0v) is 55.7. The van der Waals surface area contributed by atoms with Crippen molar-refractivity contribution in [3.05, 3.63) is 88.2 Å². The summed E-state index contributed by atoms with van der Waals surface area (Å²) in [6.45, 7) is 16.2. The van der Waals surface area contributed by atoms with E-state index in [-0.39, 0.29) is 35.7 Å². The van der Waals surface area contributed by atoms with Crippen molar-refractivity contribution in [2.24, 2.45) is 17.9 Å². The molecule has 6 aliphatic heterocycles. The second-order valence-corrected chi connectivity index (χ2v) is 29.2. The Morgan fingerprint density at radius 1 is 0.596 bits per heavy atom. The van der Waals surface area contributed by atoms with Gasteiger partial charge in [-0.15, -0.1) is 0 Å². The van der Waals surface area contributed by atoms with E-state index in [4.69, 9.17) is 34.1 Å². The maximum absolute atomic E-state index is 14.8. The highest BCUT2D eigenvalue weighted by molar-refractivity contribution is 6.04. The molecular weight excluding hydrogens is 1180 g/mol. The maximum atomic E-state index is 14.8. The SMILES string of the molecule is COc1c2c(cc3nc(-c4cc5ccc6nc5n4CCCCCCC(C)(C)C(=O)N[C@@H]6CC[C@H]4NC(=O)C(C)(C)CCCCCCn5c(-c6nc7cc8c(cc7n6C6CC6)CCN(C[C@H]6COCCN6)C8=O)cc6ccc4nc65)n(C)c13)C(=O)N(C[C@H]1COCCN1)CC2. The van der Waals surface area contributed by atoms with Crippen LogP contribution in [0.5, 0.6) is 5.75 Å². The van der Waals surface area contributed by atoms with Crippen molar-refractivity contribution < 1.29 is 33.4 Å². The van der Waals surface area contributed by atoms with Gasteiger partial charge in [0.05, 0.1) is 84.9 Å². The van der Waals surface area contributed by atoms with Crippen molar-refractivity contribution in [1.29, 1.82) is 0 Å². The van der Waals surface area contributed by atoms with E-state index in [2.05, 4.69) is 110 Å². The minimum Gasteiger partial charge on any atom is -0.494 e. The van der Waals surface area contributed by atoms with Crippen molar-refractivity contribution in [3.63, 3.8) is 0 Å². The molecule has 2 saturated heterocycles. The summed E-state index contributed by atoms with van der Waals surface area (Å²) < 4.78 is 26.9. The maximum Gasteiger partial charge on any atom is 0.254 e. The zero-order valence-electron chi connectivity index (χ0n) is 55.7. The first-order valence-electron chi connectivity index (χ1n) is 35.0. The van der Waals surface area contributed by atoms with Crippen LogP contribution >= 0.6 is 0 Å². The predicted molar refractivity (Wildman–Crippen MR) is 362 cm³/mol. The summed E-state index contributed by atoms with van der Waals surface area (Å²) in [5, 5.41) is 16.1. The molecule has 7 aliphatic rings. The number of aromatic nitrogens is 8. The molecule has 2 aromatic carbocycles. The average molecular weight is 1280 g/mol. The summed E-state index contributed by atoms with van der Waals surface area (Å²) in [7, 11) is 3.71. The van der Waals surface area contributed by atoms with Crippen LogP contribution in [-0.2, 0) is 52.0 Å². The van der Waals surface area contributed by atoms with Crippen molar-refractivity contribution in [1.82, 2.24) is 69.3 Å². The molecular formula is C73H92N14O7. The van der Waals surface area contributed by atoms with Crippen molar-refractivity contribution in [2.45, 2.75) is 174 Å². The van der Waals surface area contributed by atoms with Crippen LogP contribution in [0.15, 0.2) is 54.6 Å². The molecule has 4 amide bonds. The van der Waals surface area contributed by atoms with Gasteiger partial charge in [-0.2, -0.15) is 0 Å². The molecule has 0 radical (unpaired) electrons. The monoisotopic (exact) mass is 1280 g/mol. The molecule has 21 nitrogen and oxygen atoms in total. The second-order valence-electron chi connectivity index (χ2n) is 29.2. The third kappa shape index (κ3) is 11.8. The number of hydrogen-bond acceptors (Lipinski definition) is 13. The molecule has 1 aliphatic carbocycles. The van der Waals surface area contributed by atoms with Crippen LogP contribution in [0, 0.1) is 10.8 Å². The molecule has 8 aromatic rings. The van der Waals surface area contributed by atoms with Crippen molar-refractivity contribution in [2.75, 3.05) is 72.8 Å². The number of carbonyl (C=O) groups is 4. The minimum atomic E-state index is -0.635. The van der Waals surface area contributed by atoms with E-state index in [0.717, 1.165) is 193 Å². The van der Waals surface area contributed by atoms with Crippen LogP contribution in [0.4, 0.5) is 0 Å². The summed E-state index contributed by atoms with van der Waals surface area (Å²) in [5.74, 6) is 2.29. The fourth-order valence-electron chi connectivity index (χ4n) is 15.9. The Bertz CT molecular complexity index is 4250. The molecule has 15 rings (SSSR count). The molecule has 4 bridgehead atoms. The molecule has 0 unspecified atom stereocenters. The first-order valence-corrected chi connectivity index (χ1v) is 35.0. The Hall–Kier alpha value is -7.72. The molecule has 0 spiro atoms. The number of rotatable bonds is 11. The largest absolute Gasteiger partial charge is 0.494 e. The third-order valence-electron chi connectivity index (χ3n) is 21.6. The van der Waals surface area contributed by atoms with Gasteiger partial charge in [-0.25, -0.2) is 19.9 Å². The van der Waals surface area contributed by atoms with E-state index in [1.165, 1.54) is 0 Å². The van der Waals surface area contributed by atoms with Crippen LogP contribution in [-0.4, -0.2) is 157 Å². The first-order chi connectivity index (χ1) is 45.6. The van der Waals surface area contributed by atoms with Gasteiger partial charge in [0, 0.05) is 116 Å². The van der Waals surface area contributed by atoms with Crippen LogP contribution in [0.2, 0.25) is 0 Å². The van der Waals surface area contributed by atoms with Gasteiger partial charge in [-0.05, 0) is 124 Å². The molecule has 4 N–H and O–H groups in total. The van der Waals surface area contributed by atoms with Gasteiger partial charge in [-0.3, -0.25) is 19.2 Å². The van der Waals surface area contributed by atoms with Gasteiger partial charge < -0.3 is 63.5 Å². The Kier molecular flexibility index (Phi) is 16.9. The summed E-state index contributed by atoms with van der Waals surface area (Å²) >= 11 is 0. The van der Waals surface area contributed by atoms with Gasteiger partial charge in [0.1, 0.15) is 22.6 Å². The number of fused-ring (bicyclic) bond motifs is 6. The molecule has 1 saturated carbocycles. The number of amides is 4. The Labute approximate surface area is 549 Å². The lowest BCUT2D eigenvalue weighted by Crippen LogP contribution is -2.51. The number of nitrogens with zero attached hydrogens (tertiary/aromatic N) is 10. The van der Waals surface area contributed by atoms with Gasteiger partial charge in [0.2, 0.25) is 11.8 Å². The van der Waals surface area contributed by atoms with Crippen LogP contribution in [0.25, 0.3) is 67.2 Å². The summed E-state index contributed by atoms with van der Waals surface area (Å²) in [6.07, 6.45) is 13.7. The fourth-order valence-corrected chi connectivity index (χ4v) is 15.9. The molecule has 6 aromatic heterocycles. The molecule has 4 atom stereocenters. The highest BCUT2D eigenvalue weighted by atomic mass is 16.5. The Balaban J connectivity index is 0.781. The number of imidazole rings is 2. The summed E-state index contributed by atoms with van der Waals surface area (Å²) in [6, 6.07) is 18.5. The van der Waals surface area contributed by atoms with E-state index in [1.807, 2.05) is 29.0 Å². The number of carbonyl (C=O) groups excluding carboxylic acids is 4. The number of morpholine rings is 2. The van der Waals surface area contributed by atoms with E-state index in [9.17, 15) is 19.2 Å². The zero-order chi connectivity index (χ0) is 64.6. The molecule has 94 heavy (non-hydrogen) atoms. The lowest BCUT2D eigenvalue weighted by molar-refractivity contribution is -0.131. The summed E-state index contributed by atoms with van der Waals surface area (Å²) in [5.41, 5.74) is 10.6. The fraction of sp³-hybridized carbons (Fsp3) is 0.562. The van der Waals surface area contributed by atoms with Crippen LogP contribution in [0.3, 0.4) is 0 Å². The highest BCUT2D eigenvalue weighted by Crippen LogP contribution is 2.45. The summed E-state index contributed by atoms with van der Waals surface area (Å²) in [4.78, 5) is 84.1. The van der Waals surface area contributed by atoms with Crippen molar-refractivity contribution >= 4 is 67.8 Å². The number of methoxy groups -OCH3 is 1. The third-order valence-corrected chi connectivity index (χ3v) is 21.6. The van der Waals surface area contributed by atoms with Crippen LogP contribution in [0.1, 0.15) is 179 Å². The van der Waals surface area contributed by atoms with Gasteiger partial charge in [0.25, 0.3) is 11.8 Å². The smallest absolute Gasteiger partial charge is 0.254 e. The lowest BCUT2D eigenvalue weighted by atomic mass is 9.84. The number of benzene rings is 2. The van der Waals surface area contributed by atoms with E-state index >= 15 is 0 Å². The molecule has 3 fully saturated rings. The Morgan fingerprint density at radius 3 is 1.68 bits per heavy atom. The number of hydrogen-bond donors (Lipinski definition) is 4. The topological polar surface area (TPSA) is 222 Å². The molecule has 12 heterocycles. The molecule has 496 valence electrons. The second kappa shape index (κ2) is 25.4. The quantitative estimate of drug-likeness (QED) is 0.0948. The molecule has 21 heteroatoms. The standard InChI is InChI=1S/C73H92N14O7/c1-72(2)25-11-7-9-13-29-85-60(66-79-58-39-52-50(63(92-6)62(58)82(66)5)24-32-84(69(52)89)41-48-43-94-34-28-75-48)36-45-15-19-53(76-64(45)85)55(80-70(72)90)21-22-56-54-20-16-46-37-61(86(65(46)77-54)30-14-10-8-12-26-73(3,4)71(91)81-56)67-78-57-38-51-44(35-59(57)87(67)49-17-18-49)23-31-83(68(51)88)40-47-42-93-33-27-74-47/h15-16,19-20,35-39,47-49,55-56,74-75H,7-14,17-18,21-34,40-43H2,1-6H3,(H,80,90)(H,81,91)/t47-,48-,55+,56+/m0/s1. The normalized spacial score (nSPS) is 23.4.